The number of carbonyl (C=O) groups is 1. The summed E-state index contributed by atoms with van der Waals surface area (Å²) >= 11 is 0.542. The summed E-state index contributed by atoms with van der Waals surface area (Å²) in [5.41, 5.74) is 6.97. The van der Waals surface area contributed by atoms with Crippen LogP contribution in [-0.4, -0.2) is 31.6 Å². The van der Waals surface area contributed by atoms with Crippen molar-refractivity contribution in [3.05, 3.63) is 64.2 Å². The number of hydrogen-bond acceptors (Lipinski definition) is 5. The second kappa shape index (κ2) is 7.51. The molecular formula is C19H17AsN4O2S. The average Bonchev–Trinajstić information content (AvgIpc) is 3.06. The maximum atomic E-state index is 11.9. The summed E-state index contributed by atoms with van der Waals surface area (Å²) in [6, 6.07) is 13.6. The summed E-state index contributed by atoms with van der Waals surface area (Å²) in [4.78, 5) is 30.7. The van der Waals surface area contributed by atoms with Gasteiger partial charge >= 0.3 is 167 Å². The number of nitrogens with zero attached hydrogens (tertiary/aromatic N) is 2. The first-order chi connectivity index (χ1) is 12.8. The molecule has 0 aliphatic rings. The molecule has 3 rings (SSSR count). The van der Waals surface area contributed by atoms with E-state index < -0.39 is 32.8 Å². The molecule has 0 spiro atoms. The van der Waals surface area contributed by atoms with Crippen molar-refractivity contribution in [2.75, 3.05) is 0 Å². The molecule has 1 atom stereocenters. The van der Waals surface area contributed by atoms with Gasteiger partial charge in [-0.3, -0.25) is 0 Å². The first-order valence-corrected chi connectivity index (χ1v) is 11.0. The van der Waals surface area contributed by atoms with Gasteiger partial charge in [0.1, 0.15) is 0 Å². The van der Waals surface area contributed by atoms with Crippen LogP contribution in [-0.2, 0) is 5.41 Å². The van der Waals surface area contributed by atoms with Gasteiger partial charge < -0.3 is 0 Å². The van der Waals surface area contributed by atoms with Gasteiger partial charge in [-0.25, -0.2) is 0 Å². The van der Waals surface area contributed by atoms with Crippen molar-refractivity contribution in [1.29, 1.82) is 5.26 Å². The van der Waals surface area contributed by atoms with E-state index in [1.54, 1.807) is 18.3 Å². The number of benzene rings is 1. The van der Waals surface area contributed by atoms with Crippen LogP contribution in [0, 0.1) is 11.3 Å². The molecule has 0 bridgehead atoms. The average molecular weight is 440 g/mol. The summed E-state index contributed by atoms with van der Waals surface area (Å²) in [6.07, 6.45) is 1.56. The van der Waals surface area contributed by atoms with Crippen LogP contribution in [0.1, 0.15) is 29.8 Å². The van der Waals surface area contributed by atoms with Crippen molar-refractivity contribution in [3.63, 3.8) is 0 Å². The van der Waals surface area contributed by atoms with Crippen molar-refractivity contribution in [1.82, 2.24) is 9.97 Å². The van der Waals surface area contributed by atoms with E-state index in [4.69, 9.17) is 5.73 Å². The number of carbonyl (C=O) groups excluding carboxylic acids is 1. The predicted octanol–water partition coefficient (Wildman–Crippen LogP) is 0.786. The van der Waals surface area contributed by atoms with Gasteiger partial charge in [0, 0.05) is 0 Å². The van der Waals surface area contributed by atoms with Crippen LogP contribution in [0.4, 0.5) is 0 Å². The van der Waals surface area contributed by atoms with Crippen molar-refractivity contribution < 1.29 is 4.79 Å². The van der Waals surface area contributed by atoms with E-state index in [1.807, 2.05) is 38.1 Å². The maximum absolute atomic E-state index is 11.9. The van der Waals surface area contributed by atoms with E-state index in [1.165, 1.54) is 11.3 Å². The monoisotopic (exact) mass is 440 g/mol. The molecule has 0 aliphatic carbocycles. The molecule has 0 aliphatic heterocycles. The summed E-state index contributed by atoms with van der Waals surface area (Å²) in [5, 5.41) is 9.27. The fourth-order valence-electron chi connectivity index (χ4n) is 2.48. The van der Waals surface area contributed by atoms with Crippen molar-refractivity contribution in [2.45, 2.75) is 19.3 Å². The van der Waals surface area contributed by atoms with Crippen molar-refractivity contribution in [2.24, 2.45) is 5.73 Å². The topological polar surface area (TPSA) is 113 Å². The number of primary amides is 1. The number of nitrogens with one attached hydrogen (secondary N) is 1. The molecule has 1 aromatic carbocycles. The number of nitrogens with two attached hydrogens (primary N) is 1. The number of amides is 1. The van der Waals surface area contributed by atoms with E-state index in [9.17, 15) is 14.9 Å². The molecule has 27 heavy (non-hydrogen) atoms. The van der Waals surface area contributed by atoms with Crippen LogP contribution >= 0.6 is 11.3 Å². The van der Waals surface area contributed by atoms with Gasteiger partial charge in [-0.1, -0.05) is 0 Å². The number of nitriles is 1. The Bertz CT molecular complexity index is 1090. The number of hydrogen-bond donors (Lipinski definition) is 2. The molecule has 1 unspecified atom stereocenters. The first kappa shape index (κ1) is 19.1. The van der Waals surface area contributed by atoms with Crippen LogP contribution in [0.3, 0.4) is 0 Å². The van der Waals surface area contributed by atoms with Crippen LogP contribution < -0.4 is 19.6 Å². The summed E-state index contributed by atoms with van der Waals surface area (Å²) < 4.78 is 1.58. The number of thiophene rings is 1. The van der Waals surface area contributed by atoms with E-state index in [2.05, 4.69) is 16.0 Å². The Morgan fingerprint density at radius 1 is 1.30 bits per heavy atom. The molecule has 0 radical (unpaired) electrons. The predicted molar refractivity (Wildman–Crippen MR) is 108 cm³/mol. The van der Waals surface area contributed by atoms with E-state index >= 15 is 0 Å². The molecule has 1 amide bonds. The zero-order chi connectivity index (χ0) is 19.6. The Morgan fingerprint density at radius 3 is 2.59 bits per heavy atom. The summed E-state index contributed by atoms with van der Waals surface area (Å²) in [5.74, 6) is -0.483. The third-order valence-electron chi connectivity index (χ3n) is 4.08. The summed E-state index contributed by atoms with van der Waals surface area (Å²) in [6.45, 7) is 3.74. The molecule has 136 valence electrons. The first-order valence-electron chi connectivity index (χ1n) is 8.09. The quantitative estimate of drug-likeness (QED) is 0.571. The van der Waals surface area contributed by atoms with Gasteiger partial charge in [0.2, 0.25) is 0 Å². The number of H-pyrrole nitrogens is 1. The summed E-state index contributed by atoms with van der Waals surface area (Å²) in [7, 11) is 0. The number of aromatic amines is 1. The minimum atomic E-state index is -0.956. The van der Waals surface area contributed by atoms with E-state index in [0.717, 1.165) is 19.7 Å². The Labute approximate surface area is 166 Å². The van der Waals surface area contributed by atoms with Gasteiger partial charge in [0.05, 0.1) is 0 Å². The van der Waals surface area contributed by atoms with Crippen molar-refractivity contribution in [3.8, 4) is 16.5 Å². The van der Waals surface area contributed by atoms with Gasteiger partial charge in [-0.05, 0) is 0 Å². The van der Waals surface area contributed by atoms with Crippen molar-refractivity contribution >= 4 is 41.1 Å². The van der Waals surface area contributed by atoms with Gasteiger partial charge in [0.15, 0.2) is 0 Å². The van der Waals surface area contributed by atoms with Crippen LogP contribution in [0.2, 0.25) is 0 Å². The Balaban J connectivity index is 1.97. The van der Waals surface area contributed by atoms with Crippen LogP contribution in [0.25, 0.3) is 10.4 Å². The Morgan fingerprint density at radius 2 is 2.00 bits per heavy atom. The molecule has 6 nitrogen and oxygen atoms in total. The third kappa shape index (κ3) is 4.19. The van der Waals surface area contributed by atoms with Gasteiger partial charge in [-0.15, -0.1) is 0 Å². The molecule has 0 fully saturated rings. The van der Waals surface area contributed by atoms with E-state index in [0.29, 0.717) is 10.0 Å². The SMILES string of the molecule is CC(C)(C#N)c1ccc(-c2cc(C(N)=O)c([AsH]c3cc[nH]c(=O)n3)s2)cc1. The molecular weight excluding hydrogens is 423 g/mol. The molecule has 2 aromatic heterocycles. The fourth-order valence-corrected chi connectivity index (χ4v) is 6.87. The van der Waals surface area contributed by atoms with E-state index in [-0.39, 0.29) is 0 Å². The number of rotatable bonds is 5. The second-order valence-corrected chi connectivity index (χ2v) is 10.9. The Kier molecular flexibility index (Phi) is 5.31. The van der Waals surface area contributed by atoms with Crippen LogP contribution in [0.5, 0.6) is 0 Å². The fraction of sp³-hybridized carbons (Fsp3) is 0.158. The minimum absolute atomic E-state index is 0.399. The molecule has 0 saturated heterocycles. The third-order valence-corrected chi connectivity index (χ3v) is 8.41. The number of aromatic nitrogens is 2. The molecule has 3 N–H and O–H groups in total. The zero-order valence-corrected chi connectivity index (χ0v) is 17.7. The molecule has 3 aromatic rings. The molecule has 0 saturated carbocycles. The standard InChI is InChI=1S/C19H17AsN4O2S/c1-19(2,10-21)12-5-3-11(4-6-12)14-9-13(17(22)25)16(27-14)20-15-7-8-23-18(26)24-15/h3-9,20H,1-2H3,(H2,22,25)(H,23,24,26). The molecule has 8 heteroatoms. The Hall–Kier alpha value is -2.68. The van der Waals surface area contributed by atoms with Gasteiger partial charge in [0.25, 0.3) is 0 Å². The normalized spacial score (nSPS) is 11.6. The van der Waals surface area contributed by atoms with Gasteiger partial charge in [-0.2, -0.15) is 0 Å². The van der Waals surface area contributed by atoms with Crippen LogP contribution in [0.15, 0.2) is 47.4 Å². The molecule has 2 heterocycles. The second-order valence-electron chi connectivity index (χ2n) is 6.44. The zero-order valence-electron chi connectivity index (χ0n) is 14.7.